The van der Waals surface area contributed by atoms with Gasteiger partial charge < -0.3 is 0 Å². The van der Waals surface area contributed by atoms with E-state index in [1.807, 2.05) is 91.0 Å². The summed E-state index contributed by atoms with van der Waals surface area (Å²) in [5, 5.41) is 5.65. The normalized spacial score (nSPS) is 12.0. The molecule has 1 aliphatic rings. The third kappa shape index (κ3) is 9.04. The summed E-state index contributed by atoms with van der Waals surface area (Å²) in [6, 6.07) is 45.0. The van der Waals surface area contributed by atoms with Gasteiger partial charge in [0.25, 0.3) is 0 Å². The van der Waals surface area contributed by atoms with Crippen LogP contribution in [0, 0.1) is 19.9 Å². The number of benzene rings is 6. The standard InChI is InChI=1S/C23H29.C21H12Cl2.C5H5.2ClH.Zr/c1-14-9-16-11-17-10-15(2)21(23(6,7)8)13-19(17)18(16)12-20(14)22(3,4)5;22-18-10-14-5-1-3-7-20(14)16(12-18)9-17-13-19(23)11-15-6-2-4-8-21(15)17;1-2-4-5-3-1;;;/h9,12-13H,11H2,1-8H3;1-8,10-13H;1-5H;2*1H;/q-1;;-1;;;+2/p-2. The minimum absolute atomic E-state index is 0.163. The molecule has 0 unspecified atom stereocenters. The van der Waals surface area contributed by atoms with E-state index in [0.717, 1.165) is 42.3 Å². The van der Waals surface area contributed by atoms with E-state index in [-0.39, 0.29) is 10.8 Å². The summed E-state index contributed by atoms with van der Waals surface area (Å²) < 4.78 is 0.994. The van der Waals surface area contributed by atoms with Crippen molar-refractivity contribution in [2.24, 2.45) is 0 Å². The molecule has 0 fully saturated rings. The number of rotatable bonds is 2. The molecule has 0 bridgehead atoms. The second-order valence-electron chi connectivity index (χ2n) is 16.1. The van der Waals surface area contributed by atoms with Crippen molar-refractivity contribution >= 4 is 65.0 Å². The molecule has 0 saturated heterocycles. The van der Waals surface area contributed by atoms with Gasteiger partial charge in [-0.3, -0.25) is 0 Å². The van der Waals surface area contributed by atoms with E-state index in [9.17, 15) is 0 Å². The Balaban J connectivity index is 0.000000164. The van der Waals surface area contributed by atoms with Crippen molar-refractivity contribution in [2.75, 3.05) is 0 Å². The summed E-state index contributed by atoms with van der Waals surface area (Å²) in [6.45, 7) is 18.2. The summed E-state index contributed by atoms with van der Waals surface area (Å²) in [4.78, 5) is 0. The first-order chi connectivity index (χ1) is 25.5. The molecule has 0 atom stereocenters. The third-order valence-corrected chi connectivity index (χ3v) is 14.9. The van der Waals surface area contributed by atoms with Crippen molar-refractivity contribution in [2.45, 2.75) is 72.6 Å². The Morgan fingerprint density at radius 3 is 1.59 bits per heavy atom. The minimum atomic E-state index is -2.88. The molecule has 0 aromatic heterocycles. The molecule has 0 heterocycles. The van der Waals surface area contributed by atoms with E-state index in [1.165, 1.54) is 44.5 Å². The van der Waals surface area contributed by atoms with Crippen LogP contribution < -0.4 is 0 Å². The first kappa shape index (κ1) is 40.8. The van der Waals surface area contributed by atoms with Crippen molar-refractivity contribution in [3.63, 3.8) is 0 Å². The number of hydrogen-bond acceptors (Lipinski definition) is 0. The van der Waals surface area contributed by atoms with Gasteiger partial charge in [0.15, 0.2) is 0 Å². The molecule has 0 N–H and O–H groups in total. The average Bonchev–Trinajstić information content (AvgIpc) is 3.78. The molecule has 7 aromatic carbocycles. The summed E-state index contributed by atoms with van der Waals surface area (Å²) in [5.41, 5.74) is 13.6. The third-order valence-electron chi connectivity index (χ3n) is 10.0. The van der Waals surface area contributed by atoms with E-state index < -0.39 is 18.9 Å². The van der Waals surface area contributed by atoms with E-state index in [1.54, 1.807) is 0 Å². The summed E-state index contributed by atoms with van der Waals surface area (Å²) in [6.07, 6.45) is 1.03. The SMILES string of the molecule is Cc1[c-]c2c(cc1C(C)(C)C)-c1cc(C(C)(C)C)c(C)cc1C2.Clc1cc([C](c2cc(Cl)cc3ccccc23)=[Zr]([Cl])[Cl])c2ccccc2c1.c1cc[cH-]c1. The Morgan fingerprint density at radius 2 is 1.13 bits per heavy atom. The molecule has 0 aliphatic heterocycles. The molecule has 5 heteroatoms. The van der Waals surface area contributed by atoms with Gasteiger partial charge >= 0.3 is 178 Å². The fraction of sp³-hybridized carbons (Fsp3) is 0.224. The van der Waals surface area contributed by atoms with Crippen LogP contribution in [0.3, 0.4) is 0 Å². The van der Waals surface area contributed by atoms with Crippen LogP contribution in [0.2, 0.25) is 10.0 Å². The van der Waals surface area contributed by atoms with Gasteiger partial charge in [0.05, 0.1) is 0 Å². The van der Waals surface area contributed by atoms with Crippen LogP contribution in [0.4, 0.5) is 0 Å². The van der Waals surface area contributed by atoms with Crippen molar-refractivity contribution in [3.05, 3.63) is 182 Å². The van der Waals surface area contributed by atoms with Crippen LogP contribution in [-0.2, 0) is 36.1 Å². The topological polar surface area (TPSA) is 0 Å². The van der Waals surface area contributed by atoms with Crippen LogP contribution in [0.15, 0.2) is 121 Å². The predicted octanol–water partition coefficient (Wildman–Crippen LogP) is 15.5. The second-order valence-corrected chi connectivity index (χ2v) is 25.1. The van der Waals surface area contributed by atoms with Gasteiger partial charge in [0.2, 0.25) is 0 Å². The average molecular weight is 868 g/mol. The monoisotopic (exact) mass is 864 g/mol. The fourth-order valence-corrected chi connectivity index (χ4v) is 12.5. The molecule has 7 aromatic rings. The largest absolute Gasteiger partial charge is 0.214 e. The summed E-state index contributed by atoms with van der Waals surface area (Å²) in [5.74, 6) is 0. The van der Waals surface area contributed by atoms with E-state index in [0.29, 0.717) is 10.0 Å². The zero-order chi connectivity index (χ0) is 38.9. The molecular formula is C49H46Cl4Zr-2. The van der Waals surface area contributed by atoms with Crippen LogP contribution in [-0.4, -0.2) is 3.21 Å². The smallest absolute Gasteiger partial charge is 0.172 e. The summed E-state index contributed by atoms with van der Waals surface area (Å²) >= 11 is 9.93. The van der Waals surface area contributed by atoms with Crippen LogP contribution in [0.25, 0.3) is 32.7 Å². The Hall–Kier alpha value is -2.90. The van der Waals surface area contributed by atoms with Gasteiger partial charge in [-0.15, -0.1) is 16.7 Å². The molecule has 8 rings (SSSR count). The fourth-order valence-electron chi connectivity index (χ4n) is 7.65. The maximum atomic E-state index is 6.66. The van der Waals surface area contributed by atoms with Gasteiger partial charge in [-0.1, -0.05) is 71.6 Å². The van der Waals surface area contributed by atoms with Crippen molar-refractivity contribution in [1.82, 2.24) is 0 Å². The molecule has 0 radical (unpaired) electrons. The van der Waals surface area contributed by atoms with Gasteiger partial charge in [-0.05, 0) is 35.4 Å². The first-order valence-electron chi connectivity index (χ1n) is 18.3. The quantitative estimate of drug-likeness (QED) is 0.152. The summed E-state index contributed by atoms with van der Waals surface area (Å²) in [7, 11) is 13.3. The molecule has 0 spiro atoms. The first-order valence-corrected chi connectivity index (χ1v) is 26.6. The van der Waals surface area contributed by atoms with E-state index >= 15 is 0 Å². The van der Waals surface area contributed by atoms with Crippen LogP contribution >= 0.6 is 40.2 Å². The minimum Gasteiger partial charge on any atom is -0.214 e. The van der Waals surface area contributed by atoms with E-state index in [2.05, 4.69) is 91.8 Å². The maximum Gasteiger partial charge on any atom is -0.172 e. The van der Waals surface area contributed by atoms with Crippen molar-refractivity contribution in [1.29, 1.82) is 0 Å². The van der Waals surface area contributed by atoms with Gasteiger partial charge in [0.1, 0.15) is 0 Å². The Kier molecular flexibility index (Phi) is 12.6. The number of aryl methyl sites for hydroxylation is 2. The van der Waals surface area contributed by atoms with Gasteiger partial charge in [0, 0.05) is 0 Å². The van der Waals surface area contributed by atoms with Gasteiger partial charge in [-0.2, -0.15) is 35.9 Å². The molecule has 276 valence electrons. The predicted molar refractivity (Wildman–Crippen MR) is 235 cm³/mol. The Labute approximate surface area is 346 Å². The molecular weight excluding hydrogens is 822 g/mol. The van der Waals surface area contributed by atoms with Crippen molar-refractivity contribution < 1.29 is 18.9 Å². The maximum absolute atomic E-state index is 6.66. The number of fused-ring (bicyclic) bond motifs is 5. The molecule has 1 aliphatic carbocycles. The molecule has 54 heavy (non-hydrogen) atoms. The van der Waals surface area contributed by atoms with Crippen LogP contribution in [0.1, 0.15) is 86.1 Å². The van der Waals surface area contributed by atoms with Gasteiger partial charge in [-0.25, -0.2) is 12.1 Å². The van der Waals surface area contributed by atoms with E-state index in [4.69, 9.17) is 40.2 Å². The Bertz CT molecular complexity index is 2320. The number of hydrogen-bond donors (Lipinski definition) is 0. The molecule has 0 saturated carbocycles. The zero-order valence-electron chi connectivity index (χ0n) is 32.3. The Morgan fingerprint density at radius 1 is 0.630 bits per heavy atom. The van der Waals surface area contributed by atoms with Crippen molar-refractivity contribution in [3.8, 4) is 11.1 Å². The van der Waals surface area contributed by atoms with Crippen LogP contribution in [0.5, 0.6) is 0 Å². The molecule has 0 nitrogen and oxygen atoms in total. The second kappa shape index (κ2) is 16.7. The molecule has 0 amide bonds. The number of halogens is 4. The zero-order valence-corrected chi connectivity index (χ0v) is 37.7.